The second-order valence-electron chi connectivity index (χ2n) is 6.10. The number of urea groups is 1. The van der Waals surface area contributed by atoms with Crippen LogP contribution in [0.15, 0.2) is 53.7 Å². The van der Waals surface area contributed by atoms with Gasteiger partial charge in [0, 0.05) is 12.2 Å². The fourth-order valence-electron chi connectivity index (χ4n) is 2.48. The Labute approximate surface area is 156 Å². The van der Waals surface area contributed by atoms with E-state index in [0.717, 1.165) is 0 Å². The average molecular weight is 397 g/mol. The van der Waals surface area contributed by atoms with E-state index < -0.39 is 30.2 Å². The first kappa shape index (κ1) is 19.6. The van der Waals surface area contributed by atoms with Crippen LogP contribution in [-0.2, 0) is 11.4 Å². The van der Waals surface area contributed by atoms with Crippen LogP contribution in [0.4, 0.5) is 28.0 Å². The molecule has 2 amide bonds. The summed E-state index contributed by atoms with van der Waals surface area (Å²) in [5.41, 5.74) is 1.27. The molecule has 0 spiro atoms. The Balaban J connectivity index is 1.60. The van der Waals surface area contributed by atoms with Crippen LogP contribution in [0.1, 0.15) is 17.5 Å². The average Bonchev–Trinajstić information content (AvgIpc) is 3.06. The highest BCUT2D eigenvalue weighted by Crippen LogP contribution is 2.38. The van der Waals surface area contributed by atoms with Crippen LogP contribution in [-0.4, -0.2) is 28.8 Å². The van der Waals surface area contributed by atoms with Gasteiger partial charge in [-0.05, 0) is 41.5 Å². The van der Waals surface area contributed by atoms with Crippen molar-refractivity contribution in [3.05, 3.63) is 65.5 Å². The van der Waals surface area contributed by atoms with Crippen molar-refractivity contribution in [2.24, 2.45) is 5.16 Å². The summed E-state index contributed by atoms with van der Waals surface area (Å²) in [6, 6.07) is 11.0. The number of carbonyl (C=O) groups is 1. The molecular weight excluding hydrogens is 382 g/mol. The molecule has 1 unspecified atom stereocenters. The summed E-state index contributed by atoms with van der Waals surface area (Å²) in [5.74, 6) is -3.77. The Morgan fingerprint density at radius 3 is 2.57 bits per heavy atom. The van der Waals surface area contributed by atoms with Crippen LogP contribution in [0.25, 0.3) is 0 Å². The lowest BCUT2D eigenvalue weighted by atomic mass is 10.0. The normalized spacial score (nSPS) is 19.0. The molecule has 2 aromatic carbocycles. The zero-order valence-corrected chi connectivity index (χ0v) is 14.3. The van der Waals surface area contributed by atoms with E-state index in [4.69, 9.17) is 0 Å². The number of aliphatic hydroxyl groups is 1. The van der Waals surface area contributed by atoms with E-state index in [0.29, 0.717) is 16.8 Å². The molecule has 148 valence electrons. The van der Waals surface area contributed by atoms with E-state index in [1.54, 1.807) is 12.1 Å². The zero-order valence-electron chi connectivity index (χ0n) is 14.3. The van der Waals surface area contributed by atoms with Crippen molar-refractivity contribution in [2.75, 3.05) is 5.32 Å². The number of hydrogen-bond donors (Lipinski definition) is 3. The molecule has 10 heteroatoms. The number of amides is 2. The highest BCUT2D eigenvalue weighted by Gasteiger charge is 2.60. The van der Waals surface area contributed by atoms with Crippen molar-refractivity contribution in [1.82, 2.24) is 5.32 Å². The number of nitrogens with zero attached hydrogens (tertiary/aromatic N) is 1. The molecule has 1 aliphatic rings. The van der Waals surface area contributed by atoms with Gasteiger partial charge in [0.05, 0.1) is 12.1 Å². The molecule has 0 radical (unpaired) electrons. The fourth-order valence-corrected chi connectivity index (χ4v) is 2.48. The summed E-state index contributed by atoms with van der Waals surface area (Å²) in [6.07, 6.45) is -5.81. The quantitative estimate of drug-likeness (QED) is 0.691. The fraction of sp³-hybridized carbons (Fsp3) is 0.222. The minimum absolute atomic E-state index is 0.0579. The molecule has 0 saturated heterocycles. The number of nitrogens with one attached hydrogen (secondary N) is 2. The van der Waals surface area contributed by atoms with Gasteiger partial charge in [-0.3, -0.25) is 0 Å². The molecule has 0 fully saturated rings. The van der Waals surface area contributed by atoms with Crippen molar-refractivity contribution >= 4 is 17.4 Å². The van der Waals surface area contributed by atoms with Crippen LogP contribution in [0.2, 0.25) is 0 Å². The Morgan fingerprint density at radius 2 is 1.93 bits per heavy atom. The molecule has 3 N–H and O–H groups in total. The van der Waals surface area contributed by atoms with Crippen LogP contribution >= 0.6 is 0 Å². The second kappa shape index (κ2) is 7.47. The van der Waals surface area contributed by atoms with Crippen molar-refractivity contribution in [3.63, 3.8) is 0 Å². The molecule has 2 aromatic rings. The number of benzene rings is 2. The largest absolute Gasteiger partial charge is 0.458 e. The van der Waals surface area contributed by atoms with Crippen molar-refractivity contribution in [2.45, 2.75) is 24.9 Å². The van der Waals surface area contributed by atoms with Crippen molar-refractivity contribution in [3.8, 4) is 0 Å². The smallest absolute Gasteiger partial charge is 0.350 e. The second-order valence-corrected chi connectivity index (χ2v) is 6.10. The van der Waals surface area contributed by atoms with Gasteiger partial charge in [0.2, 0.25) is 0 Å². The van der Waals surface area contributed by atoms with Gasteiger partial charge in [0.1, 0.15) is 5.82 Å². The van der Waals surface area contributed by atoms with Gasteiger partial charge in [-0.25, -0.2) is 9.18 Å². The molecule has 0 aliphatic carbocycles. The number of rotatable bonds is 4. The molecule has 6 nitrogen and oxygen atoms in total. The Morgan fingerprint density at radius 1 is 1.21 bits per heavy atom. The summed E-state index contributed by atoms with van der Waals surface area (Å²) >= 11 is 0. The minimum atomic E-state index is -4.98. The molecule has 0 saturated carbocycles. The topological polar surface area (TPSA) is 83.0 Å². The lowest BCUT2D eigenvalue weighted by Gasteiger charge is -2.22. The first-order valence-electron chi connectivity index (χ1n) is 8.10. The Hall–Kier alpha value is -3.14. The van der Waals surface area contributed by atoms with E-state index in [2.05, 4.69) is 20.6 Å². The summed E-state index contributed by atoms with van der Waals surface area (Å²) in [7, 11) is 0. The Kier molecular flexibility index (Phi) is 5.23. The lowest BCUT2D eigenvalue weighted by Crippen LogP contribution is -2.45. The van der Waals surface area contributed by atoms with Crippen LogP contribution in [0.3, 0.4) is 0 Å². The van der Waals surface area contributed by atoms with Crippen LogP contribution in [0.5, 0.6) is 0 Å². The number of oxime groups is 1. The van der Waals surface area contributed by atoms with E-state index in [1.807, 2.05) is 0 Å². The first-order valence-corrected chi connectivity index (χ1v) is 8.10. The predicted molar refractivity (Wildman–Crippen MR) is 91.9 cm³/mol. The number of alkyl halides is 3. The molecule has 3 rings (SSSR count). The van der Waals surface area contributed by atoms with Gasteiger partial charge >= 0.3 is 18.0 Å². The third-order valence-corrected chi connectivity index (χ3v) is 3.97. The predicted octanol–water partition coefficient (Wildman–Crippen LogP) is 3.52. The molecule has 28 heavy (non-hydrogen) atoms. The van der Waals surface area contributed by atoms with Gasteiger partial charge in [-0.15, -0.1) is 0 Å². The maximum atomic E-state index is 12.8. The Bertz CT molecular complexity index is 900. The van der Waals surface area contributed by atoms with Crippen molar-refractivity contribution < 1.29 is 32.3 Å². The lowest BCUT2D eigenvalue weighted by molar-refractivity contribution is -0.355. The number of halogens is 4. The maximum Gasteiger partial charge on any atom is 0.458 e. The van der Waals surface area contributed by atoms with Gasteiger partial charge in [-0.2, -0.15) is 13.2 Å². The van der Waals surface area contributed by atoms with Gasteiger partial charge in [0.15, 0.2) is 0 Å². The third kappa shape index (κ3) is 4.39. The molecule has 0 aromatic heterocycles. The summed E-state index contributed by atoms with van der Waals surface area (Å²) in [5, 5.41) is 17.9. The molecule has 1 atom stereocenters. The van der Waals surface area contributed by atoms with Gasteiger partial charge in [0.25, 0.3) is 0 Å². The summed E-state index contributed by atoms with van der Waals surface area (Å²) in [6.45, 7) is 0.0819. The SMILES string of the molecule is O=C(NCc1cccc(C2=NOC(O)(C(F)(F)F)C2)c1)Nc1ccc(F)cc1. The first-order chi connectivity index (χ1) is 13.2. The highest BCUT2D eigenvalue weighted by molar-refractivity contribution is 6.01. The molecule has 0 bridgehead atoms. The van der Waals surface area contributed by atoms with Gasteiger partial charge < -0.3 is 20.6 Å². The van der Waals surface area contributed by atoms with E-state index in [9.17, 15) is 27.5 Å². The van der Waals surface area contributed by atoms with E-state index in [-0.39, 0.29) is 12.3 Å². The molecule has 1 heterocycles. The third-order valence-electron chi connectivity index (χ3n) is 3.97. The van der Waals surface area contributed by atoms with Gasteiger partial charge in [-0.1, -0.05) is 23.4 Å². The molecule has 1 aliphatic heterocycles. The minimum Gasteiger partial charge on any atom is -0.350 e. The number of hydrogen-bond acceptors (Lipinski definition) is 4. The zero-order chi connectivity index (χ0) is 20.4. The number of carbonyl (C=O) groups excluding carboxylic acids is 1. The van der Waals surface area contributed by atoms with Crippen LogP contribution < -0.4 is 10.6 Å². The van der Waals surface area contributed by atoms with E-state index >= 15 is 0 Å². The van der Waals surface area contributed by atoms with E-state index in [1.165, 1.54) is 36.4 Å². The highest BCUT2D eigenvalue weighted by atomic mass is 19.4. The van der Waals surface area contributed by atoms with Crippen molar-refractivity contribution in [1.29, 1.82) is 0 Å². The summed E-state index contributed by atoms with van der Waals surface area (Å²) < 4.78 is 51.2. The summed E-state index contributed by atoms with van der Waals surface area (Å²) in [4.78, 5) is 16.1. The monoisotopic (exact) mass is 397 g/mol. The van der Waals surface area contributed by atoms with Crippen LogP contribution in [0, 0.1) is 5.82 Å². The molecular formula is C18H15F4N3O3. The maximum absolute atomic E-state index is 12.8. The number of anilines is 1. The standard InChI is InChI=1S/C18H15F4N3O3/c19-13-4-6-14(7-5-13)24-16(26)23-10-11-2-1-3-12(8-11)15-9-17(27,28-25-15)18(20,21)22/h1-8,27H,9-10H2,(H2,23,24,26).